The Labute approximate surface area is 151 Å². The molecule has 3 nitrogen and oxygen atoms in total. The van der Waals surface area contributed by atoms with Gasteiger partial charge in [-0.25, -0.2) is 0 Å². The summed E-state index contributed by atoms with van der Waals surface area (Å²) in [4.78, 5) is 0. The van der Waals surface area contributed by atoms with Gasteiger partial charge < -0.3 is 15.3 Å². The molecule has 0 aliphatic carbocycles. The van der Waals surface area contributed by atoms with E-state index in [1.54, 1.807) is 0 Å². The molecule has 0 bridgehead atoms. The molecule has 3 N–H and O–H groups in total. The summed E-state index contributed by atoms with van der Waals surface area (Å²) in [5, 5.41) is 24.9. The minimum Gasteiger partial charge on any atom is -0.396 e. The third-order valence-corrected chi connectivity index (χ3v) is 3.04. The molecule has 0 rings (SSSR count). The van der Waals surface area contributed by atoms with Crippen molar-refractivity contribution >= 4 is 0 Å². The van der Waals surface area contributed by atoms with Gasteiger partial charge in [-0.15, -0.1) is 0 Å². The van der Waals surface area contributed by atoms with Gasteiger partial charge >= 0.3 is 0 Å². The standard InChI is InChI=1S/3C6H14O.V/c3*1-2-3-4-5-6-7;/h3*7H,2-6H2,1H3;. The van der Waals surface area contributed by atoms with Crippen LogP contribution in [-0.2, 0) is 18.6 Å². The van der Waals surface area contributed by atoms with Crippen LogP contribution in [-0.4, -0.2) is 35.1 Å². The molecule has 1 radical (unpaired) electrons. The van der Waals surface area contributed by atoms with E-state index >= 15 is 0 Å². The van der Waals surface area contributed by atoms with E-state index in [9.17, 15) is 0 Å². The van der Waals surface area contributed by atoms with Crippen LogP contribution in [0.4, 0.5) is 0 Å². The molecule has 0 unspecified atom stereocenters. The molecule has 0 atom stereocenters. The average molecular weight is 357 g/mol. The Morgan fingerprint density at radius 2 is 0.636 bits per heavy atom. The Bertz CT molecular complexity index is 99.7. The first-order chi connectivity index (χ1) is 10.2. The van der Waals surface area contributed by atoms with E-state index < -0.39 is 0 Å². The molecule has 0 aliphatic rings. The van der Waals surface area contributed by atoms with Crippen LogP contribution in [0.25, 0.3) is 0 Å². The van der Waals surface area contributed by atoms with E-state index in [-0.39, 0.29) is 18.6 Å². The maximum atomic E-state index is 8.29. The van der Waals surface area contributed by atoms with Crippen LogP contribution in [0.5, 0.6) is 0 Å². The van der Waals surface area contributed by atoms with Crippen molar-refractivity contribution in [1.82, 2.24) is 0 Å². The van der Waals surface area contributed by atoms with Crippen LogP contribution in [0.3, 0.4) is 0 Å². The molecule has 0 spiro atoms. The molecule has 0 aromatic carbocycles. The Kier molecular flexibility index (Phi) is 51.9. The molecular formula is C18H42O3V. The number of aliphatic hydroxyl groups is 3. The topological polar surface area (TPSA) is 60.7 Å². The Morgan fingerprint density at radius 1 is 0.409 bits per heavy atom. The zero-order valence-corrected chi connectivity index (χ0v) is 16.8. The van der Waals surface area contributed by atoms with Gasteiger partial charge in [0.15, 0.2) is 0 Å². The fourth-order valence-electron chi connectivity index (χ4n) is 1.62. The summed E-state index contributed by atoms with van der Waals surface area (Å²) >= 11 is 0. The minimum atomic E-state index is 0. The Morgan fingerprint density at radius 3 is 0.773 bits per heavy atom. The summed E-state index contributed by atoms with van der Waals surface area (Å²) in [5.74, 6) is 0. The Balaban J connectivity index is -0.000000108. The number of hydrogen-bond acceptors (Lipinski definition) is 3. The van der Waals surface area contributed by atoms with Gasteiger partial charge in [0.2, 0.25) is 0 Å². The summed E-state index contributed by atoms with van der Waals surface area (Å²) < 4.78 is 0. The van der Waals surface area contributed by atoms with Crippen LogP contribution >= 0.6 is 0 Å². The third-order valence-electron chi connectivity index (χ3n) is 3.04. The van der Waals surface area contributed by atoms with Crippen molar-refractivity contribution in [3.63, 3.8) is 0 Å². The molecule has 137 valence electrons. The van der Waals surface area contributed by atoms with Crippen molar-refractivity contribution in [3.8, 4) is 0 Å². The van der Waals surface area contributed by atoms with Gasteiger partial charge in [0.25, 0.3) is 0 Å². The van der Waals surface area contributed by atoms with Gasteiger partial charge in [0, 0.05) is 38.4 Å². The van der Waals surface area contributed by atoms with E-state index in [2.05, 4.69) is 20.8 Å². The second-order valence-corrected chi connectivity index (χ2v) is 5.35. The van der Waals surface area contributed by atoms with E-state index in [0.29, 0.717) is 19.8 Å². The van der Waals surface area contributed by atoms with Crippen molar-refractivity contribution in [2.45, 2.75) is 97.8 Å². The first kappa shape index (κ1) is 30.4. The number of unbranched alkanes of at least 4 members (excludes halogenated alkanes) is 9. The molecule has 0 saturated heterocycles. The molecule has 0 aromatic rings. The van der Waals surface area contributed by atoms with Crippen molar-refractivity contribution in [2.24, 2.45) is 0 Å². The molecule has 0 fully saturated rings. The quantitative estimate of drug-likeness (QED) is 0.445. The summed E-state index contributed by atoms with van der Waals surface area (Å²) in [6, 6.07) is 0. The molecule has 0 amide bonds. The Hall–Kier alpha value is 0.464. The smallest absolute Gasteiger partial charge is 0.0431 e. The van der Waals surface area contributed by atoms with Crippen molar-refractivity contribution in [2.75, 3.05) is 19.8 Å². The SMILES string of the molecule is CCCCCCO.CCCCCCO.CCCCCCO.[V]. The van der Waals surface area contributed by atoms with Crippen LogP contribution < -0.4 is 0 Å². The van der Waals surface area contributed by atoms with Crippen molar-refractivity contribution in [3.05, 3.63) is 0 Å². The number of hydrogen-bond donors (Lipinski definition) is 3. The maximum Gasteiger partial charge on any atom is 0.0431 e. The van der Waals surface area contributed by atoms with Gasteiger partial charge in [0.05, 0.1) is 0 Å². The summed E-state index contributed by atoms with van der Waals surface area (Å²) in [6.07, 6.45) is 14.0. The van der Waals surface area contributed by atoms with Crippen LogP contribution in [0, 0.1) is 0 Å². The first-order valence-electron chi connectivity index (χ1n) is 9.07. The first-order valence-corrected chi connectivity index (χ1v) is 9.07. The van der Waals surface area contributed by atoms with Crippen LogP contribution in [0.1, 0.15) is 97.8 Å². The van der Waals surface area contributed by atoms with E-state index in [1.807, 2.05) is 0 Å². The largest absolute Gasteiger partial charge is 0.396 e. The fraction of sp³-hybridized carbons (Fsp3) is 1.00. The summed E-state index contributed by atoms with van der Waals surface area (Å²) in [7, 11) is 0. The molecule has 0 aliphatic heterocycles. The summed E-state index contributed by atoms with van der Waals surface area (Å²) in [5.41, 5.74) is 0. The van der Waals surface area contributed by atoms with E-state index in [0.717, 1.165) is 19.3 Å². The molecule has 0 aromatic heterocycles. The zero-order chi connectivity index (χ0) is 16.6. The van der Waals surface area contributed by atoms with E-state index in [1.165, 1.54) is 57.8 Å². The minimum absolute atomic E-state index is 0. The van der Waals surface area contributed by atoms with Gasteiger partial charge in [-0.3, -0.25) is 0 Å². The van der Waals surface area contributed by atoms with Gasteiger partial charge in [-0.05, 0) is 19.3 Å². The van der Waals surface area contributed by atoms with Crippen molar-refractivity contribution in [1.29, 1.82) is 0 Å². The monoisotopic (exact) mass is 357 g/mol. The number of rotatable bonds is 12. The van der Waals surface area contributed by atoms with Crippen LogP contribution in [0.2, 0.25) is 0 Å². The van der Waals surface area contributed by atoms with E-state index in [4.69, 9.17) is 15.3 Å². The van der Waals surface area contributed by atoms with Gasteiger partial charge in [-0.1, -0.05) is 78.6 Å². The van der Waals surface area contributed by atoms with Gasteiger partial charge in [-0.2, -0.15) is 0 Å². The predicted molar refractivity (Wildman–Crippen MR) is 93.7 cm³/mol. The van der Waals surface area contributed by atoms with Crippen LogP contribution in [0.15, 0.2) is 0 Å². The predicted octanol–water partition coefficient (Wildman–Crippen LogP) is 4.67. The third kappa shape index (κ3) is 49.9. The molecular weight excluding hydrogens is 315 g/mol. The number of aliphatic hydroxyl groups excluding tert-OH is 3. The summed E-state index contributed by atoms with van der Waals surface area (Å²) in [6.45, 7) is 7.58. The second kappa shape index (κ2) is 37.6. The average Bonchev–Trinajstić information content (AvgIpc) is 2.50. The van der Waals surface area contributed by atoms with Crippen molar-refractivity contribution < 1.29 is 33.9 Å². The van der Waals surface area contributed by atoms with Gasteiger partial charge in [0.1, 0.15) is 0 Å². The molecule has 0 heterocycles. The fourth-order valence-corrected chi connectivity index (χ4v) is 1.62. The molecule has 0 saturated carbocycles. The zero-order valence-electron chi connectivity index (χ0n) is 15.4. The molecule has 22 heavy (non-hydrogen) atoms. The normalized spacial score (nSPS) is 9.00. The maximum absolute atomic E-state index is 8.29. The molecule has 4 heteroatoms. The second-order valence-electron chi connectivity index (χ2n) is 5.35.